The van der Waals surface area contributed by atoms with Gasteiger partial charge >= 0.3 is 0 Å². The first-order chi connectivity index (χ1) is 12.8. The van der Waals surface area contributed by atoms with Crippen LogP contribution in [0.5, 0.6) is 0 Å². The molecule has 0 bridgehead atoms. The van der Waals surface area contributed by atoms with Gasteiger partial charge in [-0.1, -0.05) is 35.0 Å². The van der Waals surface area contributed by atoms with Crippen LogP contribution in [0.3, 0.4) is 0 Å². The summed E-state index contributed by atoms with van der Waals surface area (Å²) in [6, 6.07) is 14.7. The van der Waals surface area contributed by atoms with Gasteiger partial charge in [0.2, 0.25) is 0 Å². The summed E-state index contributed by atoms with van der Waals surface area (Å²) in [5.41, 5.74) is 3.20. The van der Waals surface area contributed by atoms with E-state index >= 15 is 0 Å². The highest BCUT2D eigenvalue weighted by molar-refractivity contribution is 5.59. The highest BCUT2D eigenvalue weighted by Gasteiger charge is 2.21. The van der Waals surface area contributed by atoms with E-state index in [1.807, 2.05) is 18.2 Å². The summed E-state index contributed by atoms with van der Waals surface area (Å²) < 4.78 is 5.50. The summed E-state index contributed by atoms with van der Waals surface area (Å²) in [6.07, 6.45) is 3.99. The van der Waals surface area contributed by atoms with Crippen LogP contribution >= 0.6 is 0 Å². The molecule has 3 aromatic rings. The fourth-order valence-electron chi connectivity index (χ4n) is 3.32. The zero-order chi connectivity index (χ0) is 17.8. The van der Waals surface area contributed by atoms with Crippen molar-refractivity contribution in [3.8, 4) is 11.3 Å². The van der Waals surface area contributed by atoms with E-state index in [-0.39, 0.29) is 0 Å². The predicted octanol–water partition coefficient (Wildman–Crippen LogP) is 3.20. The molecule has 0 spiro atoms. The van der Waals surface area contributed by atoms with Gasteiger partial charge in [-0.05, 0) is 31.9 Å². The van der Waals surface area contributed by atoms with Crippen LogP contribution in [0.1, 0.15) is 24.2 Å². The molecule has 1 aromatic carbocycles. The molecule has 0 unspecified atom stereocenters. The Balaban J connectivity index is 1.35. The SMILES string of the molecule is Cc1ccc(-c2cc(CN[C@@H]3CCCN(c4cccnn4)C3)on2)cc1. The molecule has 2 aromatic heterocycles. The number of nitrogens with one attached hydrogen (secondary N) is 1. The molecule has 134 valence electrons. The van der Waals surface area contributed by atoms with Crippen LogP contribution in [-0.2, 0) is 6.54 Å². The van der Waals surface area contributed by atoms with E-state index in [4.69, 9.17) is 4.52 Å². The van der Waals surface area contributed by atoms with Crippen molar-refractivity contribution in [3.63, 3.8) is 0 Å². The standard InChI is InChI=1S/C20H23N5O/c1-15-6-8-16(9-7-15)19-12-18(26-24-19)13-21-17-4-3-11-25(14-17)20-5-2-10-22-23-20/h2,5-10,12,17,21H,3-4,11,13-14H2,1H3/t17-/m1/s1. The first-order valence-corrected chi connectivity index (χ1v) is 9.06. The van der Waals surface area contributed by atoms with E-state index in [0.717, 1.165) is 48.8 Å². The molecule has 1 aliphatic heterocycles. The minimum Gasteiger partial charge on any atom is -0.359 e. The molecule has 0 amide bonds. The molecule has 6 nitrogen and oxygen atoms in total. The van der Waals surface area contributed by atoms with Crippen molar-refractivity contribution in [1.29, 1.82) is 0 Å². The topological polar surface area (TPSA) is 67.1 Å². The molecular formula is C20H23N5O. The van der Waals surface area contributed by atoms with Gasteiger partial charge in [-0.2, -0.15) is 5.10 Å². The van der Waals surface area contributed by atoms with E-state index < -0.39 is 0 Å². The number of aromatic nitrogens is 3. The lowest BCUT2D eigenvalue weighted by Crippen LogP contribution is -2.45. The minimum atomic E-state index is 0.402. The average molecular weight is 349 g/mol. The highest BCUT2D eigenvalue weighted by atomic mass is 16.5. The van der Waals surface area contributed by atoms with Gasteiger partial charge in [0.25, 0.3) is 0 Å². The average Bonchev–Trinajstić information content (AvgIpc) is 3.17. The zero-order valence-corrected chi connectivity index (χ0v) is 14.9. The van der Waals surface area contributed by atoms with Crippen molar-refractivity contribution in [2.24, 2.45) is 0 Å². The first kappa shape index (κ1) is 16.7. The van der Waals surface area contributed by atoms with Gasteiger partial charge in [-0.15, -0.1) is 5.10 Å². The van der Waals surface area contributed by atoms with Crippen LogP contribution < -0.4 is 10.2 Å². The van der Waals surface area contributed by atoms with Gasteiger partial charge in [-0.3, -0.25) is 0 Å². The number of nitrogens with zero attached hydrogens (tertiary/aromatic N) is 4. The van der Waals surface area contributed by atoms with Gasteiger partial charge in [0.15, 0.2) is 11.6 Å². The van der Waals surface area contributed by atoms with Crippen LogP contribution in [0.2, 0.25) is 0 Å². The van der Waals surface area contributed by atoms with Crippen molar-refractivity contribution >= 4 is 5.82 Å². The van der Waals surface area contributed by atoms with Gasteiger partial charge < -0.3 is 14.7 Å². The molecule has 1 atom stereocenters. The minimum absolute atomic E-state index is 0.402. The number of hydrogen-bond donors (Lipinski definition) is 1. The molecule has 1 fully saturated rings. The quantitative estimate of drug-likeness (QED) is 0.763. The molecular weight excluding hydrogens is 326 g/mol. The van der Waals surface area contributed by atoms with E-state index in [9.17, 15) is 0 Å². The Morgan fingerprint density at radius 2 is 2.12 bits per heavy atom. The molecule has 1 saturated heterocycles. The summed E-state index contributed by atoms with van der Waals surface area (Å²) >= 11 is 0. The summed E-state index contributed by atoms with van der Waals surface area (Å²) in [4.78, 5) is 2.28. The summed E-state index contributed by atoms with van der Waals surface area (Å²) in [5, 5.41) is 16.0. The monoisotopic (exact) mass is 349 g/mol. The summed E-state index contributed by atoms with van der Waals surface area (Å²) in [5.74, 6) is 1.80. The number of hydrogen-bond acceptors (Lipinski definition) is 6. The molecule has 1 N–H and O–H groups in total. The number of piperidine rings is 1. The molecule has 4 rings (SSSR count). The van der Waals surface area contributed by atoms with Crippen LogP contribution in [-0.4, -0.2) is 34.5 Å². The largest absolute Gasteiger partial charge is 0.359 e. The molecule has 0 saturated carbocycles. The Morgan fingerprint density at radius 3 is 2.92 bits per heavy atom. The first-order valence-electron chi connectivity index (χ1n) is 9.06. The van der Waals surface area contributed by atoms with Crippen molar-refractivity contribution in [3.05, 3.63) is 60.0 Å². The Hall–Kier alpha value is -2.73. The van der Waals surface area contributed by atoms with E-state index in [1.165, 1.54) is 5.56 Å². The van der Waals surface area contributed by atoms with E-state index in [1.54, 1.807) is 6.20 Å². The third-order valence-corrected chi connectivity index (χ3v) is 4.77. The second-order valence-corrected chi connectivity index (χ2v) is 6.79. The molecule has 3 heterocycles. The van der Waals surface area contributed by atoms with Crippen molar-refractivity contribution in [2.75, 3.05) is 18.0 Å². The van der Waals surface area contributed by atoms with Crippen LogP contribution in [0.4, 0.5) is 5.82 Å². The Kier molecular flexibility index (Phi) is 4.93. The van der Waals surface area contributed by atoms with Crippen LogP contribution in [0, 0.1) is 6.92 Å². The van der Waals surface area contributed by atoms with Crippen molar-refractivity contribution in [2.45, 2.75) is 32.4 Å². The third-order valence-electron chi connectivity index (χ3n) is 4.77. The number of aryl methyl sites for hydroxylation is 1. The maximum atomic E-state index is 5.50. The smallest absolute Gasteiger partial charge is 0.151 e. The maximum absolute atomic E-state index is 5.50. The Labute approximate surface area is 153 Å². The van der Waals surface area contributed by atoms with Crippen molar-refractivity contribution < 1.29 is 4.52 Å². The third kappa shape index (κ3) is 3.91. The lowest BCUT2D eigenvalue weighted by atomic mass is 10.1. The Morgan fingerprint density at radius 1 is 1.23 bits per heavy atom. The van der Waals surface area contributed by atoms with Gasteiger partial charge in [0, 0.05) is 37.0 Å². The van der Waals surface area contributed by atoms with Gasteiger partial charge in [0.1, 0.15) is 5.69 Å². The maximum Gasteiger partial charge on any atom is 0.151 e. The van der Waals surface area contributed by atoms with Crippen LogP contribution in [0.25, 0.3) is 11.3 Å². The molecule has 0 aliphatic carbocycles. The fourth-order valence-corrected chi connectivity index (χ4v) is 3.32. The molecule has 26 heavy (non-hydrogen) atoms. The fraction of sp³-hybridized carbons (Fsp3) is 0.350. The molecule has 6 heteroatoms. The van der Waals surface area contributed by atoms with Gasteiger partial charge in [0.05, 0.1) is 6.54 Å². The second kappa shape index (κ2) is 7.66. The number of anilines is 1. The number of benzene rings is 1. The lowest BCUT2D eigenvalue weighted by molar-refractivity contribution is 0.350. The Bertz CT molecular complexity index is 831. The zero-order valence-electron chi connectivity index (χ0n) is 14.9. The predicted molar refractivity (Wildman–Crippen MR) is 101 cm³/mol. The number of rotatable bonds is 5. The van der Waals surface area contributed by atoms with Gasteiger partial charge in [-0.25, -0.2) is 0 Å². The highest BCUT2D eigenvalue weighted by Crippen LogP contribution is 2.20. The van der Waals surface area contributed by atoms with Crippen molar-refractivity contribution in [1.82, 2.24) is 20.7 Å². The second-order valence-electron chi connectivity index (χ2n) is 6.79. The normalized spacial score (nSPS) is 17.4. The lowest BCUT2D eigenvalue weighted by Gasteiger charge is -2.33. The van der Waals surface area contributed by atoms with E-state index in [0.29, 0.717) is 12.6 Å². The molecule has 0 radical (unpaired) electrons. The summed E-state index contributed by atoms with van der Waals surface area (Å²) in [7, 11) is 0. The van der Waals surface area contributed by atoms with Crippen LogP contribution in [0.15, 0.2) is 53.2 Å². The molecule has 1 aliphatic rings. The van der Waals surface area contributed by atoms with E-state index in [2.05, 4.69) is 56.8 Å². The summed E-state index contributed by atoms with van der Waals surface area (Å²) in [6.45, 7) is 4.71.